The van der Waals surface area contributed by atoms with E-state index in [1.807, 2.05) is 18.2 Å². The van der Waals surface area contributed by atoms with Gasteiger partial charge in [-0.1, -0.05) is 6.07 Å². The Hall–Kier alpha value is -0.250. The average Bonchev–Trinajstić information content (AvgIpc) is 2.14. The van der Waals surface area contributed by atoms with Crippen LogP contribution in [-0.4, -0.2) is 20.3 Å². The minimum Gasteiger partial charge on any atom is -0.496 e. The smallest absolute Gasteiger partial charge is 0.133 e. The highest BCUT2D eigenvalue weighted by Crippen LogP contribution is 2.39. The number of hydrogen-bond acceptors (Lipinski definition) is 2. The third-order valence-corrected chi connectivity index (χ3v) is 3.39. The SMILES string of the molecule is COc1ccc(C2(Cl)COC2)cc1Br. The number of methoxy groups -OCH3 is 1. The van der Waals surface area contributed by atoms with Crippen molar-refractivity contribution in [3.8, 4) is 5.75 Å². The van der Waals surface area contributed by atoms with E-state index >= 15 is 0 Å². The molecule has 1 fully saturated rings. The number of alkyl halides is 1. The Kier molecular flexibility index (Phi) is 2.73. The zero-order chi connectivity index (χ0) is 10.2. The van der Waals surface area contributed by atoms with Crippen LogP contribution < -0.4 is 4.74 Å². The third-order valence-electron chi connectivity index (χ3n) is 2.33. The van der Waals surface area contributed by atoms with Gasteiger partial charge in [-0.2, -0.15) is 0 Å². The summed E-state index contributed by atoms with van der Waals surface area (Å²) in [5.41, 5.74) is 1.07. The van der Waals surface area contributed by atoms with Crippen LogP contribution in [0.5, 0.6) is 5.75 Å². The number of halogens is 2. The molecule has 4 heteroatoms. The number of hydrogen-bond donors (Lipinski definition) is 0. The molecule has 0 saturated carbocycles. The topological polar surface area (TPSA) is 18.5 Å². The van der Waals surface area contributed by atoms with Crippen molar-refractivity contribution in [1.82, 2.24) is 0 Å². The summed E-state index contributed by atoms with van der Waals surface area (Å²) in [4.78, 5) is -0.339. The van der Waals surface area contributed by atoms with Crippen LogP contribution in [0.15, 0.2) is 22.7 Å². The number of rotatable bonds is 2. The molecule has 1 aliphatic rings. The normalized spacial score (nSPS) is 18.8. The van der Waals surface area contributed by atoms with Crippen LogP contribution in [0.1, 0.15) is 5.56 Å². The van der Waals surface area contributed by atoms with Gasteiger partial charge >= 0.3 is 0 Å². The molecule has 2 nitrogen and oxygen atoms in total. The van der Waals surface area contributed by atoms with E-state index in [1.165, 1.54) is 0 Å². The Morgan fingerprint density at radius 2 is 2.21 bits per heavy atom. The first kappa shape index (κ1) is 10.3. The molecule has 0 radical (unpaired) electrons. The minimum atomic E-state index is -0.339. The Morgan fingerprint density at radius 1 is 1.50 bits per heavy atom. The van der Waals surface area contributed by atoms with Gasteiger partial charge in [-0.15, -0.1) is 11.6 Å². The second-order valence-corrected chi connectivity index (χ2v) is 4.89. The molecule has 2 rings (SSSR count). The van der Waals surface area contributed by atoms with Gasteiger partial charge in [0.1, 0.15) is 10.6 Å². The zero-order valence-corrected chi connectivity index (χ0v) is 10.1. The van der Waals surface area contributed by atoms with Crippen molar-refractivity contribution >= 4 is 27.5 Å². The van der Waals surface area contributed by atoms with Gasteiger partial charge in [0.05, 0.1) is 24.8 Å². The summed E-state index contributed by atoms with van der Waals surface area (Å²) in [6.45, 7) is 1.15. The lowest BCUT2D eigenvalue weighted by atomic mass is 9.96. The maximum atomic E-state index is 6.31. The Balaban J connectivity index is 2.32. The van der Waals surface area contributed by atoms with Gasteiger partial charge in [0.2, 0.25) is 0 Å². The second kappa shape index (κ2) is 3.72. The van der Waals surface area contributed by atoms with Crippen molar-refractivity contribution in [2.45, 2.75) is 4.87 Å². The number of ether oxygens (including phenoxy) is 2. The molecule has 0 amide bonds. The van der Waals surface area contributed by atoms with Crippen molar-refractivity contribution in [2.75, 3.05) is 20.3 Å². The molecule has 0 aromatic heterocycles. The summed E-state index contributed by atoms with van der Waals surface area (Å²) >= 11 is 9.74. The summed E-state index contributed by atoms with van der Waals surface area (Å²) in [7, 11) is 1.64. The van der Waals surface area contributed by atoms with Crippen LogP contribution >= 0.6 is 27.5 Å². The highest BCUT2D eigenvalue weighted by atomic mass is 79.9. The molecule has 0 unspecified atom stereocenters. The average molecular weight is 278 g/mol. The molecule has 1 heterocycles. The molecule has 0 aliphatic carbocycles. The standard InChI is InChI=1S/C10H10BrClO2/c1-13-9-3-2-7(4-8(9)11)10(12)5-14-6-10/h2-4H,5-6H2,1H3. The van der Waals surface area contributed by atoms with Crippen molar-refractivity contribution in [1.29, 1.82) is 0 Å². The monoisotopic (exact) mass is 276 g/mol. The Labute approximate surface area is 96.3 Å². The lowest BCUT2D eigenvalue weighted by Crippen LogP contribution is -2.41. The third kappa shape index (κ3) is 1.64. The van der Waals surface area contributed by atoms with Gasteiger partial charge in [0.15, 0.2) is 0 Å². The molecular weight excluding hydrogens is 267 g/mol. The molecule has 0 N–H and O–H groups in total. The van der Waals surface area contributed by atoms with Gasteiger partial charge in [-0.05, 0) is 33.6 Å². The predicted octanol–water partition coefficient (Wildman–Crippen LogP) is 2.92. The quantitative estimate of drug-likeness (QED) is 0.774. The molecule has 0 spiro atoms. The van der Waals surface area contributed by atoms with Crippen molar-refractivity contribution in [3.63, 3.8) is 0 Å². The van der Waals surface area contributed by atoms with Crippen molar-refractivity contribution < 1.29 is 9.47 Å². The van der Waals surface area contributed by atoms with Crippen LogP contribution in [0.25, 0.3) is 0 Å². The van der Waals surface area contributed by atoms with E-state index in [1.54, 1.807) is 7.11 Å². The van der Waals surface area contributed by atoms with Crippen LogP contribution in [0.3, 0.4) is 0 Å². The molecule has 1 aliphatic heterocycles. The second-order valence-electron chi connectivity index (χ2n) is 3.31. The Morgan fingerprint density at radius 3 is 2.64 bits per heavy atom. The number of benzene rings is 1. The molecule has 1 saturated heterocycles. The molecular formula is C10H10BrClO2. The highest BCUT2D eigenvalue weighted by molar-refractivity contribution is 9.10. The van der Waals surface area contributed by atoms with Crippen LogP contribution in [0.2, 0.25) is 0 Å². The summed E-state index contributed by atoms with van der Waals surface area (Å²) in [5.74, 6) is 0.814. The first-order valence-electron chi connectivity index (χ1n) is 4.26. The van der Waals surface area contributed by atoms with Crippen LogP contribution in [-0.2, 0) is 9.61 Å². The molecule has 1 aromatic rings. The first-order chi connectivity index (χ1) is 6.65. The Bertz CT molecular complexity index is 350. The lowest BCUT2D eigenvalue weighted by Gasteiger charge is -2.36. The van der Waals surface area contributed by atoms with Crippen LogP contribution in [0, 0.1) is 0 Å². The van der Waals surface area contributed by atoms with Gasteiger partial charge in [-0.25, -0.2) is 0 Å². The maximum absolute atomic E-state index is 6.31. The van der Waals surface area contributed by atoms with E-state index in [-0.39, 0.29) is 4.87 Å². The van der Waals surface area contributed by atoms with Crippen molar-refractivity contribution in [3.05, 3.63) is 28.2 Å². The fraction of sp³-hybridized carbons (Fsp3) is 0.400. The minimum absolute atomic E-state index is 0.339. The fourth-order valence-electron chi connectivity index (χ4n) is 1.39. The lowest BCUT2D eigenvalue weighted by molar-refractivity contribution is -0.0152. The van der Waals surface area contributed by atoms with E-state index in [9.17, 15) is 0 Å². The van der Waals surface area contributed by atoms with E-state index in [4.69, 9.17) is 21.1 Å². The summed E-state index contributed by atoms with van der Waals surface area (Å²) in [6.07, 6.45) is 0. The van der Waals surface area contributed by atoms with Gasteiger partial charge in [0, 0.05) is 0 Å². The van der Waals surface area contributed by atoms with Gasteiger partial charge in [0.25, 0.3) is 0 Å². The summed E-state index contributed by atoms with van der Waals surface area (Å²) in [5, 5.41) is 0. The highest BCUT2D eigenvalue weighted by Gasteiger charge is 2.38. The van der Waals surface area contributed by atoms with Crippen molar-refractivity contribution in [2.24, 2.45) is 0 Å². The fourth-order valence-corrected chi connectivity index (χ4v) is 2.21. The zero-order valence-electron chi connectivity index (χ0n) is 7.72. The summed E-state index contributed by atoms with van der Waals surface area (Å²) in [6, 6.07) is 5.86. The largest absolute Gasteiger partial charge is 0.496 e. The molecule has 0 bridgehead atoms. The summed E-state index contributed by atoms with van der Waals surface area (Å²) < 4.78 is 11.2. The molecule has 0 atom stereocenters. The molecule has 1 aromatic carbocycles. The molecule has 14 heavy (non-hydrogen) atoms. The predicted molar refractivity (Wildman–Crippen MR) is 59.0 cm³/mol. The van der Waals surface area contributed by atoms with Gasteiger partial charge < -0.3 is 9.47 Å². The maximum Gasteiger partial charge on any atom is 0.133 e. The molecule has 76 valence electrons. The first-order valence-corrected chi connectivity index (χ1v) is 5.43. The van der Waals surface area contributed by atoms with E-state index in [0.717, 1.165) is 15.8 Å². The van der Waals surface area contributed by atoms with Crippen LogP contribution in [0.4, 0.5) is 0 Å². The van der Waals surface area contributed by atoms with Gasteiger partial charge in [-0.3, -0.25) is 0 Å². The van der Waals surface area contributed by atoms with E-state index < -0.39 is 0 Å². The van der Waals surface area contributed by atoms with E-state index in [2.05, 4.69) is 15.9 Å². The van der Waals surface area contributed by atoms with E-state index in [0.29, 0.717) is 13.2 Å².